The zero-order valence-electron chi connectivity index (χ0n) is 19.7. The van der Waals surface area contributed by atoms with Crippen molar-refractivity contribution in [1.82, 2.24) is 10.2 Å². The van der Waals surface area contributed by atoms with Crippen molar-refractivity contribution in [2.24, 2.45) is 5.92 Å². The Morgan fingerprint density at radius 1 is 1.03 bits per heavy atom. The summed E-state index contributed by atoms with van der Waals surface area (Å²) in [6.45, 7) is 12.8. The van der Waals surface area contributed by atoms with Gasteiger partial charge in [0.2, 0.25) is 5.91 Å². The molecule has 0 saturated heterocycles. The molecule has 0 saturated carbocycles. The van der Waals surface area contributed by atoms with Crippen molar-refractivity contribution in [3.63, 3.8) is 0 Å². The molecule has 5 nitrogen and oxygen atoms in total. The van der Waals surface area contributed by atoms with E-state index in [1.165, 1.54) is 0 Å². The normalized spacial score (nSPS) is 11.8. The van der Waals surface area contributed by atoms with Gasteiger partial charge < -0.3 is 15.0 Å². The number of hydrogen-bond donors (Lipinski definition) is 1. The Kier molecular flexibility index (Phi) is 9.10. The molecule has 2 amide bonds. The van der Waals surface area contributed by atoms with Crippen LogP contribution in [0.5, 0.6) is 5.75 Å². The van der Waals surface area contributed by atoms with Gasteiger partial charge in [0, 0.05) is 13.1 Å². The lowest BCUT2D eigenvalue weighted by atomic mass is 10.1. The summed E-state index contributed by atoms with van der Waals surface area (Å²) >= 11 is 0. The number of amides is 2. The molecule has 0 aliphatic heterocycles. The highest BCUT2D eigenvalue weighted by molar-refractivity contribution is 5.88. The average Bonchev–Trinajstić information content (AvgIpc) is 2.73. The fourth-order valence-electron chi connectivity index (χ4n) is 3.40. The Balaban J connectivity index is 2.24. The SMILES string of the molecule is CC[C@@H](C(=O)NCC(C)C)N(Cc1ccccc1C)C(=O)COc1cc(C)ccc1C. The molecule has 2 rings (SSSR count). The number of rotatable bonds is 10. The molecule has 0 spiro atoms. The minimum absolute atomic E-state index is 0.107. The van der Waals surface area contributed by atoms with Crippen LogP contribution in [0, 0.1) is 26.7 Å². The van der Waals surface area contributed by atoms with E-state index in [1.54, 1.807) is 4.90 Å². The summed E-state index contributed by atoms with van der Waals surface area (Å²) in [5, 5.41) is 2.99. The number of nitrogens with zero attached hydrogens (tertiary/aromatic N) is 1. The van der Waals surface area contributed by atoms with Crippen molar-refractivity contribution < 1.29 is 14.3 Å². The average molecular weight is 425 g/mol. The molecule has 0 fully saturated rings. The van der Waals surface area contributed by atoms with E-state index >= 15 is 0 Å². The molecule has 0 bridgehead atoms. The maximum Gasteiger partial charge on any atom is 0.261 e. The Bertz CT molecular complexity index is 892. The highest BCUT2D eigenvalue weighted by Crippen LogP contribution is 2.20. The standard InChI is InChI=1S/C26H36N2O3/c1-7-23(26(30)27-15-18(2)3)28(16-22-11-9-8-10-20(22)5)25(29)17-31-24-14-19(4)12-13-21(24)6/h8-14,18,23H,7,15-17H2,1-6H3,(H,27,30)/t23-/m0/s1. The van der Waals surface area contributed by atoms with Gasteiger partial charge in [-0.1, -0.05) is 57.2 Å². The Morgan fingerprint density at radius 3 is 2.39 bits per heavy atom. The third-order valence-corrected chi connectivity index (χ3v) is 5.37. The summed E-state index contributed by atoms with van der Waals surface area (Å²) in [5.41, 5.74) is 4.17. The van der Waals surface area contributed by atoms with Gasteiger partial charge in [0.05, 0.1) is 0 Å². The van der Waals surface area contributed by atoms with Gasteiger partial charge in [-0.15, -0.1) is 0 Å². The molecule has 0 aliphatic carbocycles. The molecule has 0 aromatic heterocycles. The molecule has 0 heterocycles. The van der Waals surface area contributed by atoms with Crippen LogP contribution in [-0.2, 0) is 16.1 Å². The minimum atomic E-state index is -0.548. The lowest BCUT2D eigenvalue weighted by Gasteiger charge is -2.31. The van der Waals surface area contributed by atoms with Crippen LogP contribution in [0.2, 0.25) is 0 Å². The fourth-order valence-corrected chi connectivity index (χ4v) is 3.40. The highest BCUT2D eigenvalue weighted by atomic mass is 16.5. The van der Waals surface area contributed by atoms with Crippen molar-refractivity contribution in [2.75, 3.05) is 13.2 Å². The van der Waals surface area contributed by atoms with E-state index in [-0.39, 0.29) is 18.4 Å². The molecule has 1 N–H and O–H groups in total. The molecule has 2 aromatic carbocycles. The van der Waals surface area contributed by atoms with Crippen LogP contribution in [-0.4, -0.2) is 35.9 Å². The van der Waals surface area contributed by atoms with Crippen molar-refractivity contribution in [3.05, 3.63) is 64.7 Å². The third kappa shape index (κ3) is 7.12. The monoisotopic (exact) mass is 424 g/mol. The summed E-state index contributed by atoms with van der Waals surface area (Å²) in [6.07, 6.45) is 0.533. The van der Waals surface area contributed by atoms with Crippen LogP contribution < -0.4 is 10.1 Å². The van der Waals surface area contributed by atoms with Gasteiger partial charge in [-0.3, -0.25) is 9.59 Å². The Labute approximate surface area is 186 Å². The Hall–Kier alpha value is -2.82. The number of aryl methyl sites for hydroxylation is 3. The molecule has 2 aromatic rings. The highest BCUT2D eigenvalue weighted by Gasteiger charge is 2.29. The smallest absolute Gasteiger partial charge is 0.261 e. The van der Waals surface area contributed by atoms with Gasteiger partial charge in [0.15, 0.2) is 6.61 Å². The van der Waals surface area contributed by atoms with E-state index in [4.69, 9.17) is 4.74 Å². The minimum Gasteiger partial charge on any atom is -0.483 e. The summed E-state index contributed by atoms with van der Waals surface area (Å²) in [4.78, 5) is 27.9. The van der Waals surface area contributed by atoms with Crippen LogP contribution in [0.3, 0.4) is 0 Å². The summed E-state index contributed by atoms with van der Waals surface area (Å²) < 4.78 is 5.88. The summed E-state index contributed by atoms with van der Waals surface area (Å²) in [5.74, 6) is 0.719. The van der Waals surface area contributed by atoms with Crippen molar-refractivity contribution in [2.45, 2.75) is 60.5 Å². The maximum atomic E-state index is 13.3. The predicted octanol–water partition coefficient (Wildman–Crippen LogP) is 4.57. The summed E-state index contributed by atoms with van der Waals surface area (Å²) in [6, 6.07) is 13.3. The van der Waals surface area contributed by atoms with E-state index in [2.05, 4.69) is 19.2 Å². The molecule has 0 aliphatic rings. The quantitative estimate of drug-likeness (QED) is 0.608. The van der Waals surface area contributed by atoms with Gasteiger partial charge in [0.25, 0.3) is 5.91 Å². The first-order valence-corrected chi connectivity index (χ1v) is 11.0. The van der Waals surface area contributed by atoms with Crippen LogP contribution in [0.4, 0.5) is 0 Å². The van der Waals surface area contributed by atoms with E-state index in [9.17, 15) is 9.59 Å². The second-order valence-corrected chi connectivity index (χ2v) is 8.57. The Morgan fingerprint density at radius 2 is 1.74 bits per heavy atom. The maximum absolute atomic E-state index is 13.3. The third-order valence-electron chi connectivity index (χ3n) is 5.37. The van der Waals surface area contributed by atoms with E-state index in [1.807, 2.05) is 70.2 Å². The molecule has 168 valence electrons. The van der Waals surface area contributed by atoms with Crippen LogP contribution >= 0.6 is 0 Å². The van der Waals surface area contributed by atoms with Crippen LogP contribution in [0.1, 0.15) is 49.4 Å². The molecule has 1 atom stereocenters. The lowest BCUT2D eigenvalue weighted by molar-refractivity contribution is -0.143. The molecule has 5 heteroatoms. The van der Waals surface area contributed by atoms with E-state index < -0.39 is 6.04 Å². The first-order valence-electron chi connectivity index (χ1n) is 11.0. The number of ether oxygens (including phenoxy) is 1. The fraction of sp³-hybridized carbons (Fsp3) is 0.462. The van der Waals surface area contributed by atoms with Gasteiger partial charge >= 0.3 is 0 Å². The molecule has 31 heavy (non-hydrogen) atoms. The number of nitrogens with one attached hydrogen (secondary N) is 1. The number of carbonyl (C=O) groups excluding carboxylic acids is 2. The van der Waals surface area contributed by atoms with E-state index in [0.29, 0.717) is 31.2 Å². The van der Waals surface area contributed by atoms with Gasteiger partial charge in [-0.25, -0.2) is 0 Å². The first kappa shape index (κ1) is 24.4. The van der Waals surface area contributed by atoms with E-state index in [0.717, 1.165) is 22.3 Å². The number of hydrogen-bond acceptors (Lipinski definition) is 3. The zero-order chi connectivity index (χ0) is 23.0. The second-order valence-electron chi connectivity index (χ2n) is 8.57. The van der Waals surface area contributed by atoms with Crippen LogP contribution in [0.15, 0.2) is 42.5 Å². The topological polar surface area (TPSA) is 58.6 Å². The van der Waals surface area contributed by atoms with Crippen molar-refractivity contribution in [1.29, 1.82) is 0 Å². The second kappa shape index (κ2) is 11.5. The lowest BCUT2D eigenvalue weighted by Crippen LogP contribution is -2.50. The first-order chi connectivity index (χ1) is 14.7. The number of carbonyl (C=O) groups is 2. The van der Waals surface area contributed by atoms with Gasteiger partial charge in [0.1, 0.15) is 11.8 Å². The molecule has 0 unspecified atom stereocenters. The largest absolute Gasteiger partial charge is 0.483 e. The van der Waals surface area contributed by atoms with Crippen molar-refractivity contribution >= 4 is 11.8 Å². The molecular weight excluding hydrogens is 388 g/mol. The number of benzene rings is 2. The van der Waals surface area contributed by atoms with Crippen LogP contribution in [0.25, 0.3) is 0 Å². The predicted molar refractivity (Wildman–Crippen MR) is 125 cm³/mol. The van der Waals surface area contributed by atoms with Gasteiger partial charge in [-0.05, 0) is 61.4 Å². The molecular formula is C26H36N2O3. The van der Waals surface area contributed by atoms with Gasteiger partial charge in [-0.2, -0.15) is 0 Å². The van der Waals surface area contributed by atoms with Crippen molar-refractivity contribution in [3.8, 4) is 5.75 Å². The summed E-state index contributed by atoms with van der Waals surface area (Å²) in [7, 11) is 0. The molecule has 0 radical (unpaired) electrons. The zero-order valence-corrected chi connectivity index (χ0v) is 19.7.